The van der Waals surface area contributed by atoms with E-state index in [0.717, 1.165) is 29.1 Å². The molecule has 1 aromatic heterocycles. The second-order valence-electron chi connectivity index (χ2n) is 13.2. The van der Waals surface area contributed by atoms with Gasteiger partial charge in [0, 0.05) is 17.8 Å². The first-order valence-electron chi connectivity index (χ1n) is 14.7. The molecule has 6 nitrogen and oxygen atoms in total. The molecule has 0 radical (unpaired) electrons. The van der Waals surface area contributed by atoms with Crippen LogP contribution in [0.25, 0.3) is 11.8 Å². The van der Waals surface area contributed by atoms with E-state index in [9.17, 15) is 18.0 Å². The van der Waals surface area contributed by atoms with Gasteiger partial charge < -0.3 is 18.6 Å². The van der Waals surface area contributed by atoms with Gasteiger partial charge in [0.15, 0.2) is 25.8 Å². The zero-order valence-corrected chi connectivity index (χ0v) is 26.9. The van der Waals surface area contributed by atoms with Crippen molar-refractivity contribution in [3.05, 3.63) is 82.7 Å². The summed E-state index contributed by atoms with van der Waals surface area (Å²) in [5.41, 5.74) is 3.29. The number of imidazole rings is 1. The van der Waals surface area contributed by atoms with Crippen LogP contribution in [0.4, 0.5) is 13.2 Å². The number of piperidine rings is 2. The fraction of sp³-hybridized carbons (Fsp3) is 0.455. The first-order chi connectivity index (χ1) is 20.2. The molecule has 10 heteroatoms. The highest BCUT2D eigenvalue weighted by molar-refractivity contribution is 6.74. The van der Waals surface area contributed by atoms with Gasteiger partial charge in [0.1, 0.15) is 5.75 Å². The lowest BCUT2D eigenvalue weighted by Gasteiger charge is -2.51. The first-order valence-corrected chi connectivity index (χ1v) is 17.7. The average molecular weight is 612 g/mol. The van der Waals surface area contributed by atoms with Crippen molar-refractivity contribution >= 4 is 20.3 Å². The summed E-state index contributed by atoms with van der Waals surface area (Å²) in [5, 5.41) is -0.120. The van der Waals surface area contributed by atoms with Crippen LogP contribution in [0.15, 0.2) is 48.4 Å². The lowest BCUT2D eigenvalue weighted by atomic mass is 9.82. The summed E-state index contributed by atoms with van der Waals surface area (Å²) in [6.07, 6.45) is 7.62. The zero-order chi connectivity index (χ0) is 31.3. The maximum absolute atomic E-state index is 14.6. The second-order valence-corrected chi connectivity index (χ2v) is 17.9. The molecule has 2 saturated heterocycles. The van der Waals surface area contributed by atoms with E-state index < -0.39 is 37.9 Å². The van der Waals surface area contributed by atoms with Gasteiger partial charge >= 0.3 is 0 Å². The normalized spacial score (nSPS) is 22.2. The number of ether oxygens (including phenoxy) is 1. The van der Waals surface area contributed by atoms with Gasteiger partial charge in [0.25, 0.3) is 5.91 Å². The number of aromatic nitrogens is 2. The van der Waals surface area contributed by atoms with E-state index in [-0.39, 0.29) is 22.6 Å². The summed E-state index contributed by atoms with van der Waals surface area (Å²) in [4.78, 5) is 20.3. The van der Waals surface area contributed by atoms with Crippen LogP contribution in [0.3, 0.4) is 0 Å². The number of rotatable bonds is 6. The molecule has 2 aliphatic heterocycles. The molecule has 1 amide bonds. The first kappa shape index (κ1) is 31.1. The monoisotopic (exact) mass is 611 g/mol. The lowest BCUT2D eigenvalue weighted by molar-refractivity contribution is -0.141. The van der Waals surface area contributed by atoms with Crippen LogP contribution in [0.5, 0.6) is 5.75 Å². The summed E-state index contributed by atoms with van der Waals surface area (Å²) >= 11 is 0. The van der Waals surface area contributed by atoms with Crippen molar-refractivity contribution in [2.24, 2.45) is 0 Å². The van der Waals surface area contributed by atoms with Crippen molar-refractivity contribution in [1.29, 1.82) is 0 Å². The zero-order valence-electron chi connectivity index (χ0n) is 25.9. The minimum Gasteiger partial charge on any atom is -0.495 e. The summed E-state index contributed by atoms with van der Waals surface area (Å²) in [6.45, 7) is 12.5. The highest BCUT2D eigenvalue weighted by Crippen LogP contribution is 2.46. The maximum atomic E-state index is 14.6. The molecule has 2 aromatic carbocycles. The number of carbonyl (C=O) groups is 1. The Bertz CT molecular complexity index is 1540. The number of hydrogen-bond acceptors (Lipinski definition) is 4. The van der Waals surface area contributed by atoms with Gasteiger partial charge in [0.2, 0.25) is 0 Å². The number of methoxy groups -OCH3 is 1. The van der Waals surface area contributed by atoms with Crippen molar-refractivity contribution < 1.29 is 27.1 Å². The van der Waals surface area contributed by atoms with E-state index in [1.54, 1.807) is 18.3 Å². The van der Waals surface area contributed by atoms with E-state index in [2.05, 4.69) is 38.8 Å². The second kappa shape index (κ2) is 11.6. The van der Waals surface area contributed by atoms with Gasteiger partial charge in [-0.25, -0.2) is 18.2 Å². The SMILES string of the molecule is COc1cc(C=C2CC[C@@H]3CC[C@@H](O[Si](C)(C)C(C)(C)C)[C@@H](c4cc(F)c(F)c(F)c4)N3C2=O)ccc1-n1cnc(C)c1. The molecular weight excluding hydrogens is 571 g/mol. The molecule has 3 atom stereocenters. The molecule has 2 fully saturated rings. The fourth-order valence-electron chi connectivity index (χ4n) is 5.92. The number of fused-ring (bicyclic) bond motifs is 1. The third-order valence-corrected chi connectivity index (χ3v) is 13.7. The Balaban J connectivity index is 1.53. The van der Waals surface area contributed by atoms with Crippen LogP contribution in [-0.2, 0) is 9.22 Å². The number of halogens is 3. The van der Waals surface area contributed by atoms with Crippen molar-refractivity contribution in [2.75, 3.05) is 7.11 Å². The van der Waals surface area contributed by atoms with Crippen molar-refractivity contribution in [1.82, 2.24) is 14.5 Å². The van der Waals surface area contributed by atoms with Crippen molar-refractivity contribution in [3.8, 4) is 11.4 Å². The van der Waals surface area contributed by atoms with Gasteiger partial charge in [-0.1, -0.05) is 26.8 Å². The van der Waals surface area contributed by atoms with Crippen molar-refractivity contribution in [2.45, 2.75) is 89.7 Å². The molecule has 230 valence electrons. The quantitative estimate of drug-likeness (QED) is 0.162. The smallest absolute Gasteiger partial charge is 0.250 e. The Morgan fingerprint density at radius 3 is 2.35 bits per heavy atom. The molecule has 0 saturated carbocycles. The number of hydrogen-bond donors (Lipinski definition) is 0. The predicted molar refractivity (Wildman–Crippen MR) is 163 cm³/mol. The standard InChI is InChI=1S/C33H40F3N3O3Si/c1-20-18-38(19-37-20)27-12-8-21(15-29(27)41-5)14-22-9-10-24-11-13-28(42-43(6,7)33(2,3)4)31(39(24)32(22)40)23-16-25(34)30(36)26(35)17-23/h8,12,14-19,24,28,31H,9-11,13H2,1-7H3/t24-,28-,31-/m1/s1. The van der Waals surface area contributed by atoms with Gasteiger partial charge in [-0.05, 0) is 92.2 Å². The lowest BCUT2D eigenvalue weighted by Crippen LogP contribution is -2.56. The van der Waals surface area contributed by atoms with E-state index in [1.165, 1.54) is 0 Å². The van der Waals surface area contributed by atoms with Gasteiger partial charge in [-0.3, -0.25) is 4.79 Å². The predicted octanol–water partition coefficient (Wildman–Crippen LogP) is 7.91. The van der Waals surface area contributed by atoms with Gasteiger partial charge in [-0.15, -0.1) is 0 Å². The Labute approximate surface area is 252 Å². The molecule has 0 aliphatic carbocycles. The van der Waals surface area contributed by atoms with Crippen LogP contribution in [0, 0.1) is 24.4 Å². The molecule has 0 bridgehead atoms. The third-order valence-electron chi connectivity index (χ3n) is 9.22. The highest BCUT2D eigenvalue weighted by Gasteiger charge is 2.48. The van der Waals surface area contributed by atoms with Crippen molar-refractivity contribution in [3.63, 3.8) is 0 Å². The van der Waals surface area contributed by atoms with E-state index in [4.69, 9.17) is 9.16 Å². The Morgan fingerprint density at radius 2 is 1.74 bits per heavy atom. The van der Waals surface area contributed by atoms with Crippen LogP contribution >= 0.6 is 0 Å². The fourth-order valence-corrected chi connectivity index (χ4v) is 7.27. The van der Waals surface area contributed by atoms with Crippen LogP contribution in [-0.4, -0.2) is 47.9 Å². The largest absolute Gasteiger partial charge is 0.495 e. The Morgan fingerprint density at radius 1 is 1.05 bits per heavy atom. The molecule has 2 aliphatic rings. The van der Waals surface area contributed by atoms with E-state index >= 15 is 0 Å². The molecule has 0 spiro atoms. The molecular formula is C33H40F3N3O3Si. The average Bonchev–Trinajstić information content (AvgIpc) is 3.38. The number of nitrogens with zero attached hydrogens (tertiary/aromatic N) is 3. The minimum atomic E-state index is -2.34. The Hall–Kier alpha value is -3.37. The van der Waals surface area contributed by atoms with E-state index in [1.807, 2.05) is 42.0 Å². The molecule has 43 heavy (non-hydrogen) atoms. The summed E-state index contributed by atoms with van der Waals surface area (Å²) in [5.74, 6) is -3.65. The molecule has 0 N–H and O–H groups in total. The molecule has 3 heterocycles. The van der Waals surface area contributed by atoms with Crippen LogP contribution in [0.2, 0.25) is 18.1 Å². The molecule has 3 aromatic rings. The number of carbonyl (C=O) groups excluding carboxylic acids is 1. The summed E-state index contributed by atoms with van der Waals surface area (Å²) in [7, 11) is -0.744. The van der Waals surface area contributed by atoms with Gasteiger partial charge in [-0.2, -0.15) is 0 Å². The third kappa shape index (κ3) is 6.04. The summed E-state index contributed by atoms with van der Waals surface area (Å²) in [6, 6.07) is 6.86. The number of benzene rings is 2. The van der Waals surface area contributed by atoms with E-state index in [0.29, 0.717) is 37.0 Å². The molecule has 5 rings (SSSR count). The molecule has 0 unspecified atom stereocenters. The van der Waals surface area contributed by atoms with Crippen LogP contribution < -0.4 is 4.74 Å². The van der Waals surface area contributed by atoms with Crippen LogP contribution in [0.1, 0.15) is 69.3 Å². The number of amides is 1. The topological polar surface area (TPSA) is 56.6 Å². The minimum absolute atomic E-state index is 0.119. The number of aryl methyl sites for hydroxylation is 1. The Kier molecular flexibility index (Phi) is 8.39. The van der Waals surface area contributed by atoms with Gasteiger partial charge in [0.05, 0.1) is 37.0 Å². The highest BCUT2D eigenvalue weighted by atomic mass is 28.4. The maximum Gasteiger partial charge on any atom is 0.250 e. The summed E-state index contributed by atoms with van der Waals surface area (Å²) < 4.78 is 57.6.